The van der Waals surface area contributed by atoms with Gasteiger partial charge in [0.1, 0.15) is 12.1 Å². The molecule has 0 fully saturated rings. The van der Waals surface area contributed by atoms with Crippen molar-refractivity contribution in [2.24, 2.45) is 0 Å². The van der Waals surface area contributed by atoms with Crippen molar-refractivity contribution in [3.63, 3.8) is 0 Å². The van der Waals surface area contributed by atoms with E-state index >= 15 is 0 Å². The molecule has 2 N–H and O–H groups in total. The van der Waals surface area contributed by atoms with E-state index in [1.165, 1.54) is 6.92 Å². The fourth-order valence-corrected chi connectivity index (χ4v) is 1.24. The second-order valence-corrected chi connectivity index (χ2v) is 3.77. The van der Waals surface area contributed by atoms with Gasteiger partial charge in [-0.3, -0.25) is 4.79 Å². The summed E-state index contributed by atoms with van der Waals surface area (Å²) >= 11 is 0. The highest BCUT2D eigenvalue weighted by Gasteiger charge is 2.25. The van der Waals surface area contributed by atoms with Crippen LogP contribution >= 0.6 is 0 Å². The van der Waals surface area contributed by atoms with E-state index in [4.69, 9.17) is 16.3 Å². The Morgan fingerprint density at radius 3 is 2.35 bits per heavy atom. The average molecular weight is 241 g/mol. The summed E-state index contributed by atoms with van der Waals surface area (Å²) in [6.45, 7) is 4.81. The molecule has 0 radical (unpaired) electrons. The molecule has 0 aliphatic rings. The molecule has 0 aromatic carbocycles. The Balaban J connectivity index is 4.27. The quantitative estimate of drug-likeness (QED) is 0.646. The van der Waals surface area contributed by atoms with Crippen LogP contribution < -0.4 is 5.32 Å². The fourth-order valence-electron chi connectivity index (χ4n) is 1.24. The number of hydrogen-bond acceptors (Lipinski definition) is 3. The summed E-state index contributed by atoms with van der Waals surface area (Å²) in [5.74, 6) is 1.04. The van der Waals surface area contributed by atoms with Crippen LogP contribution in [0.15, 0.2) is 0 Å². The number of nitrogens with one attached hydrogen (secondary N) is 1. The minimum atomic E-state index is -1.10. The molecule has 96 valence electrons. The molecule has 1 amide bonds. The molecule has 0 aromatic rings. The number of aliphatic carboxylic acids is 1. The number of carboxylic acid groups (broad SMARTS) is 1. The molecular formula is C12H19NO4. The van der Waals surface area contributed by atoms with E-state index in [-0.39, 0.29) is 6.61 Å². The van der Waals surface area contributed by atoms with Crippen molar-refractivity contribution in [2.45, 2.75) is 45.3 Å². The first kappa shape index (κ1) is 15.5. The van der Waals surface area contributed by atoms with Crippen molar-refractivity contribution in [3.8, 4) is 12.3 Å². The molecule has 0 aliphatic heterocycles. The van der Waals surface area contributed by atoms with E-state index < -0.39 is 23.5 Å². The second-order valence-electron chi connectivity index (χ2n) is 3.77. The number of ether oxygens (including phenoxy) is 1. The van der Waals surface area contributed by atoms with Gasteiger partial charge in [0.05, 0.1) is 0 Å². The first-order valence-electron chi connectivity index (χ1n) is 5.54. The standard InChI is InChI=1S/C12H19NO4/c1-5-12(6-2,7-3)13-10(14)8-17-9(4)11(15)16/h1,9H,6-8H2,2-4H3,(H,13,14)(H,15,16)/t9-/m1/s1. The molecule has 0 aromatic heterocycles. The zero-order valence-electron chi connectivity index (χ0n) is 10.4. The summed E-state index contributed by atoms with van der Waals surface area (Å²) < 4.78 is 4.86. The fraction of sp³-hybridized carbons (Fsp3) is 0.667. The Kier molecular flexibility index (Phi) is 6.29. The van der Waals surface area contributed by atoms with E-state index in [9.17, 15) is 9.59 Å². The summed E-state index contributed by atoms with van der Waals surface area (Å²) in [4.78, 5) is 22.0. The first-order chi connectivity index (χ1) is 7.90. The number of carbonyl (C=O) groups excluding carboxylic acids is 1. The van der Waals surface area contributed by atoms with Gasteiger partial charge in [-0.15, -0.1) is 6.42 Å². The zero-order valence-corrected chi connectivity index (χ0v) is 10.4. The molecule has 5 heteroatoms. The first-order valence-corrected chi connectivity index (χ1v) is 5.54. The van der Waals surface area contributed by atoms with Crippen LogP contribution in [-0.4, -0.2) is 35.2 Å². The Morgan fingerprint density at radius 2 is 2.00 bits per heavy atom. The van der Waals surface area contributed by atoms with Gasteiger partial charge in [-0.05, 0) is 19.8 Å². The number of carboxylic acids is 1. The van der Waals surface area contributed by atoms with Gasteiger partial charge in [0.25, 0.3) is 0 Å². The van der Waals surface area contributed by atoms with Gasteiger partial charge in [-0.1, -0.05) is 19.8 Å². The van der Waals surface area contributed by atoms with Crippen LogP contribution in [0.1, 0.15) is 33.6 Å². The van der Waals surface area contributed by atoms with Crippen molar-refractivity contribution in [1.82, 2.24) is 5.32 Å². The van der Waals surface area contributed by atoms with Gasteiger partial charge in [0.15, 0.2) is 6.10 Å². The topological polar surface area (TPSA) is 75.6 Å². The minimum absolute atomic E-state index is 0.309. The predicted octanol–water partition coefficient (Wildman–Crippen LogP) is 0.784. The highest BCUT2D eigenvalue weighted by molar-refractivity contribution is 5.79. The molecule has 0 saturated carbocycles. The van der Waals surface area contributed by atoms with Crippen molar-refractivity contribution >= 4 is 11.9 Å². The molecule has 0 unspecified atom stereocenters. The Morgan fingerprint density at radius 1 is 1.47 bits per heavy atom. The van der Waals surface area contributed by atoms with Crippen molar-refractivity contribution < 1.29 is 19.4 Å². The van der Waals surface area contributed by atoms with Crippen molar-refractivity contribution in [3.05, 3.63) is 0 Å². The second kappa shape index (κ2) is 6.92. The van der Waals surface area contributed by atoms with Crippen molar-refractivity contribution in [1.29, 1.82) is 0 Å². The summed E-state index contributed by atoms with van der Waals surface area (Å²) in [5, 5.41) is 11.3. The van der Waals surface area contributed by atoms with E-state index in [1.54, 1.807) is 0 Å². The lowest BCUT2D eigenvalue weighted by atomic mass is 9.94. The lowest BCUT2D eigenvalue weighted by Crippen LogP contribution is -2.48. The van der Waals surface area contributed by atoms with Crippen LogP contribution in [0.25, 0.3) is 0 Å². The predicted molar refractivity (Wildman–Crippen MR) is 63.3 cm³/mol. The third kappa shape index (κ3) is 4.87. The lowest BCUT2D eigenvalue weighted by molar-refractivity contribution is -0.151. The molecular weight excluding hydrogens is 222 g/mol. The Hall–Kier alpha value is -1.54. The minimum Gasteiger partial charge on any atom is -0.479 e. The molecule has 0 saturated heterocycles. The Bertz CT molecular complexity index is 315. The lowest BCUT2D eigenvalue weighted by Gasteiger charge is -2.27. The van der Waals surface area contributed by atoms with E-state index in [0.717, 1.165) is 0 Å². The summed E-state index contributed by atoms with van der Waals surface area (Å²) in [6.07, 6.45) is 5.59. The maximum absolute atomic E-state index is 11.5. The molecule has 17 heavy (non-hydrogen) atoms. The van der Waals surface area contributed by atoms with Crippen LogP contribution in [-0.2, 0) is 14.3 Å². The molecule has 5 nitrogen and oxygen atoms in total. The van der Waals surface area contributed by atoms with Gasteiger partial charge in [0, 0.05) is 0 Å². The largest absolute Gasteiger partial charge is 0.479 e. The molecule has 1 atom stereocenters. The van der Waals surface area contributed by atoms with Gasteiger partial charge in [0.2, 0.25) is 5.91 Å². The molecule has 0 bridgehead atoms. The van der Waals surface area contributed by atoms with E-state index in [1.807, 2.05) is 13.8 Å². The zero-order chi connectivity index (χ0) is 13.5. The number of terminal acetylenes is 1. The van der Waals surface area contributed by atoms with E-state index in [2.05, 4.69) is 11.2 Å². The van der Waals surface area contributed by atoms with Gasteiger partial charge in [-0.2, -0.15) is 0 Å². The van der Waals surface area contributed by atoms with Gasteiger partial charge < -0.3 is 15.2 Å². The third-order valence-electron chi connectivity index (χ3n) is 2.67. The van der Waals surface area contributed by atoms with Crippen LogP contribution in [0.3, 0.4) is 0 Å². The van der Waals surface area contributed by atoms with Crippen molar-refractivity contribution in [2.75, 3.05) is 6.61 Å². The number of amides is 1. The average Bonchev–Trinajstić information content (AvgIpc) is 2.33. The van der Waals surface area contributed by atoms with Crippen LogP contribution in [0.4, 0.5) is 0 Å². The van der Waals surface area contributed by atoms with Crippen LogP contribution in [0.2, 0.25) is 0 Å². The highest BCUT2D eigenvalue weighted by Crippen LogP contribution is 2.13. The number of rotatable bonds is 7. The Labute approximate surface area is 102 Å². The van der Waals surface area contributed by atoms with Gasteiger partial charge >= 0.3 is 5.97 Å². The number of hydrogen-bond donors (Lipinski definition) is 2. The molecule has 0 heterocycles. The van der Waals surface area contributed by atoms with E-state index in [0.29, 0.717) is 12.8 Å². The van der Waals surface area contributed by atoms with Gasteiger partial charge in [-0.25, -0.2) is 4.79 Å². The summed E-state index contributed by atoms with van der Waals surface area (Å²) in [6, 6.07) is 0. The molecule has 0 rings (SSSR count). The molecule has 0 spiro atoms. The molecule has 0 aliphatic carbocycles. The SMILES string of the molecule is C#CC(CC)(CC)NC(=O)CO[C@H](C)C(=O)O. The summed E-state index contributed by atoms with van der Waals surface area (Å²) in [7, 11) is 0. The maximum atomic E-state index is 11.5. The monoisotopic (exact) mass is 241 g/mol. The van der Waals surface area contributed by atoms with Crippen LogP contribution in [0, 0.1) is 12.3 Å². The number of carbonyl (C=O) groups is 2. The maximum Gasteiger partial charge on any atom is 0.332 e. The van der Waals surface area contributed by atoms with Crippen LogP contribution in [0.5, 0.6) is 0 Å². The smallest absolute Gasteiger partial charge is 0.332 e. The highest BCUT2D eigenvalue weighted by atomic mass is 16.5. The normalized spacial score (nSPS) is 12.6. The summed E-state index contributed by atoms with van der Waals surface area (Å²) in [5.41, 5.74) is -0.674. The third-order valence-corrected chi connectivity index (χ3v) is 2.67.